The van der Waals surface area contributed by atoms with Gasteiger partial charge in [0.15, 0.2) is 0 Å². The lowest BCUT2D eigenvalue weighted by Crippen LogP contribution is -2.29. The van der Waals surface area contributed by atoms with Gasteiger partial charge in [-0.1, -0.05) is 29.8 Å². The Bertz CT molecular complexity index is 1410. The SMILES string of the molecule is COc1ccc(/C(O)=C2\C(=O)C(=O)N(c3cccc(C(=O)OC(C)C)c3)C2c2ccc(O)cc2)cc1Cl. The number of Topliss-reactive ketones (excluding diaryl/α,β-unsaturated/α-hetero) is 1. The molecule has 0 saturated carbocycles. The van der Waals surface area contributed by atoms with Crippen LogP contribution in [0.15, 0.2) is 72.3 Å². The summed E-state index contributed by atoms with van der Waals surface area (Å²) in [5.74, 6) is -2.47. The zero-order valence-corrected chi connectivity index (χ0v) is 21.0. The van der Waals surface area contributed by atoms with E-state index in [-0.39, 0.29) is 39.3 Å². The van der Waals surface area contributed by atoms with E-state index >= 15 is 0 Å². The van der Waals surface area contributed by atoms with Gasteiger partial charge in [0.1, 0.15) is 17.3 Å². The summed E-state index contributed by atoms with van der Waals surface area (Å²) in [6, 6.07) is 15.5. The van der Waals surface area contributed by atoms with E-state index in [2.05, 4.69) is 0 Å². The number of rotatable bonds is 6. The number of hydrogen-bond acceptors (Lipinski definition) is 7. The number of phenols is 1. The molecule has 1 aliphatic rings. The van der Waals surface area contributed by atoms with Gasteiger partial charge < -0.3 is 19.7 Å². The van der Waals surface area contributed by atoms with E-state index in [9.17, 15) is 24.6 Å². The van der Waals surface area contributed by atoms with E-state index in [1.807, 2.05) is 0 Å². The van der Waals surface area contributed by atoms with Crippen LogP contribution in [0.4, 0.5) is 5.69 Å². The summed E-state index contributed by atoms with van der Waals surface area (Å²) in [5, 5.41) is 21.3. The molecule has 0 radical (unpaired) electrons. The van der Waals surface area contributed by atoms with Crippen molar-refractivity contribution in [2.75, 3.05) is 12.0 Å². The number of aliphatic hydroxyl groups is 1. The quantitative estimate of drug-likeness (QED) is 0.197. The molecule has 0 aromatic heterocycles. The number of aliphatic hydroxyl groups excluding tert-OH is 1. The van der Waals surface area contributed by atoms with E-state index < -0.39 is 29.5 Å². The average Bonchev–Trinajstić information content (AvgIpc) is 3.14. The lowest BCUT2D eigenvalue weighted by atomic mass is 9.95. The highest BCUT2D eigenvalue weighted by molar-refractivity contribution is 6.51. The van der Waals surface area contributed by atoms with Gasteiger partial charge in [-0.3, -0.25) is 14.5 Å². The number of nitrogens with zero attached hydrogens (tertiary/aromatic N) is 1. The molecular formula is C28H24ClNO7. The fourth-order valence-corrected chi connectivity index (χ4v) is 4.36. The van der Waals surface area contributed by atoms with Crippen molar-refractivity contribution in [1.29, 1.82) is 0 Å². The Kier molecular flexibility index (Phi) is 7.22. The van der Waals surface area contributed by atoms with Gasteiger partial charge >= 0.3 is 5.97 Å². The highest BCUT2D eigenvalue weighted by Gasteiger charge is 2.47. The summed E-state index contributed by atoms with van der Waals surface area (Å²) < 4.78 is 10.4. The van der Waals surface area contributed by atoms with E-state index in [1.54, 1.807) is 44.2 Å². The van der Waals surface area contributed by atoms with Crippen molar-refractivity contribution in [3.8, 4) is 11.5 Å². The molecule has 0 spiro atoms. The van der Waals surface area contributed by atoms with Crippen molar-refractivity contribution in [1.82, 2.24) is 0 Å². The minimum atomic E-state index is -1.06. The molecule has 9 heteroatoms. The number of carbonyl (C=O) groups is 3. The molecule has 4 rings (SSSR count). The van der Waals surface area contributed by atoms with Crippen LogP contribution in [-0.2, 0) is 14.3 Å². The second-order valence-corrected chi connectivity index (χ2v) is 9.02. The second kappa shape index (κ2) is 10.4. The smallest absolute Gasteiger partial charge is 0.338 e. The van der Waals surface area contributed by atoms with Gasteiger partial charge in [-0.05, 0) is 67.9 Å². The first-order valence-corrected chi connectivity index (χ1v) is 11.7. The second-order valence-electron chi connectivity index (χ2n) is 8.61. The van der Waals surface area contributed by atoms with Gasteiger partial charge in [0.05, 0.1) is 35.4 Å². The predicted molar refractivity (Wildman–Crippen MR) is 138 cm³/mol. The molecule has 1 atom stereocenters. The van der Waals surface area contributed by atoms with Crippen LogP contribution in [0, 0.1) is 0 Å². The van der Waals surface area contributed by atoms with Crippen LogP contribution < -0.4 is 9.64 Å². The summed E-state index contributed by atoms with van der Waals surface area (Å²) in [5.41, 5.74) is 0.937. The third kappa shape index (κ3) is 5.01. The van der Waals surface area contributed by atoms with Gasteiger partial charge in [-0.25, -0.2) is 4.79 Å². The molecule has 1 unspecified atom stereocenters. The number of benzene rings is 3. The standard InChI is InChI=1S/C28H24ClNO7/c1-15(2)37-28(35)18-5-4-6-19(13-18)30-24(16-7-10-20(31)11-8-16)23(26(33)27(30)34)25(32)17-9-12-22(36-3)21(29)14-17/h4-15,24,31-32H,1-3H3/b25-23+. The van der Waals surface area contributed by atoms with Crippen LogP contribution in [0.1, 0.15) is 41.4 Å². The first-order valence-electron chi connectivity index (χ1n) is 11.4. The van der Waals surface area contributed by atoms with Gasteiger partial charge in [0, 0.05) is 11.3 Å². The first-order chi connectivity index (χ1) is 17.6. The molecule has 3 aromatic rings. The normalized spacial score (nSPS) is 16.8. The van der Waals surface area contributed by atoms with Gasteiger partial charge in [0.2, 0.25) is 0 Å². The monoisotopic (exact) mass is 521 g/mol. The fraction of sp³-hybridized carbons (Fsp3) is 0.179. The Balaban J connectivity index is 1.89. The summed E-state index contributed by atoms with van der Waals surface area (Å²) in [6.45, 7) is 3.44. The Hall–Kier alpha value is -4.30. The van der Waals surface area contributed by atoms with Crippen LogP contribution in [0.5, 0.6) is 11.5 Å². The lowest BCUT2D eigenvalue weighted by Gasteiger charge is -2.26. The van der Waals surface area contributed by atoms with Gasteiger partial charge in [-0.15, -0.1) is 0 Å². The molecule has 0 bridgehead atoms. The Morgan fingerprint density at radius 1 is 1.00 bits per heavy atom. The molecule has 2 N–H and O–H groups in total. The van der Waals surface area contributed by atoms with E-state index in [4.69, 9.17) is 21.1 Å². The lowest BCUT2D eigenvalue weighted by molar-refractivity contribution is -0.132. The topological polar surface area (TPSA) is 113 Å². The number of ether oxygens (including phenoxy) is 2. The summed E-state index contributed by atoms with van der Waals surface area (Å²) in [4.78, 5) is 40.4. The third-order valence-corrected chi connectivity index (χ3v) is 6.08. The Labute approximate surface area is 218 Å². The average molecular weight is 522 g/mol. The molecule has 0 aliphatic carbocycles. The highest BCUT2D eigenvalue weighted by atomic mass is 35.5. The predicted octanol–water partition coefficient (Wildman–Crippen LogP) is 5.25. The maximum Gasteiger partial charge on any atom is 0.338 e. The molecular weight excluding hydrogens is 498 g/mol. The number of halogens is 1. The minimum absolute atomic E-state index is 0.0129. The summed E-state index contributed by atoms with van der Waals surface area (Å²) in [7, 11) is 1.45. The number of esters is 1. The third-order valence-electron chi connectivity index (χ3n) is 5.78. The van der Waals surface area contributed by atoms with Crippen LogP contribution in [0.3, 0.4) is 0 Å². The first kappa shape index (κ1) is 25.8. The minimum Gasteiger partial charge on any atom is -0.508 e. The molecule has 1 saturated heterocycles. The van der Waals surface area contributed by atoms with Crippen molar-refractivity contribution < 1.29 is 34.1 Å². The molecule has 1 fully saturated rings. The van der Waals surface area contributed by atoms with E-state index in [0.717, 1.165) is 0 Å². The Morgan fingerprint density at radius 3 is 2.32 bits per heavy atom. The van der Waals surface area contributed by atoms with Crippen molar-refractivity contribution >= 4 is 40.7 Å². The zero-order chi connectivity index (χ0) is 26.9. The van der Waals surface area contributed by atoms with Crippen LogP contribution in [0.2, 0.25) is 5.02 Å². The number of anilines is 1. The van der Waals surface area contributed by atoms with Crippen molar-refractivity contribution in [3.05, 3.63) is 94.0 Å². The number of phenolic OH excluding ortho intramolecular Hbond substituents is 1. The van der Waals surface area contributed by atoms with E-state index in [1.165, 1.54) is 48.4 Å². The summed E-state index contributed by atoms with van der Waals surface area (Å²) in [6.07, 6.45) is -0.348. The summed E-state index contributed by atoms with van der Waals surface area (Å²) >= 11 is 6.23. The van der Waals surface area contributed by atoms with Gasteiger partial charge in [0.25, 0.3) is 11.7 Å². The molecule has 1 aliphatic heterocycles. The molecule has 8 nitrogen and oxygen atoms in total. The largest absolute Gasteiger partial charge is 0.508 e. The molecule has 1 amide bonds. The van der Waals surface area contributed by atoms with Crippen LogP contribution in [-0.4, -0.2) is 41.1 Å². The van der Waals surface area contributed by atoms with Crippen molar-refractivity contribution in [2.45, 2.75) is 26.0 Å². The molecule has 1 heterocycles. The highest BCUT2D eigenvalue weighted by Crippen LogP contribution is 2.43. The van der Waals surface area contributed by atoms with E-state index in [0.29, 0.717) is 11.3 Å². The maximum atomic E-state index is 13.3. The number of ketones is 1. The zero-order valence-electron chi connectivity index (χ0n) is 20.3. The van der Waals surface area contributed by atoms with Crippen LogP contribution in [0.25, 0.3) is 5.76 Å². The fourth-order valence-electron chi connectivity index (χ4n) is 4.10. The van der Waals surface area contributed by atoms with Crippen molar-refractivity contribution in [2.24, 2.45) is 0 Å². The number of carbonyl (C=O) groups excluding carboxylic acids is 3. The molecule has 3 aromatic carbocycles. The Morgan fingerprint density at radius 2 is 1.70 bits per heavy atom. The maximum absolute atomic E-state index is 13.3. The number of amides is 1. The molecule has 37 heavy (non-hydrogen) atoms. The number of methoxy groups -OCH3 is 1. The van der Waals surface area contributed by atoms with Crippen molar-refractivity contribution in [3.63, 3.8) is 0 Å². The number of hydrogen-bond donors (Lipinski definition) is 2. The van der Waals surface area contributed by atoms with Gasteiger partial charge in [-0.2, -0.15) is 0 Å². The number of aromatic hydroxyl groups is 1. The van der Waals surface area contributed by atoms with Crippen LogP contribution >= 0.6 is 11.6 Å². The molecule has 190 valence electrons.